The summed E-state index contributed by atoms with van der Waals surface area (Å²) in [5.74, 6) is 0.323. The van der Waals surface area contributed by atoms with Gasteiger partial charge in [0.1, 0.15) is 10.6 Å². The Balaban J connectivity index is 1.46. The van der Waals surface area contributed by atoms with Crippen LogP contribution in [0.2, 0.25) is 5.02 Å². The molecular formula is C22H22ClN3O6S. The minimum Gasteiger partial charge on any atom is -0.497 e. The molecule has 0 amide bonds. The molecule has 3 aromatic rings. The number of carbonyl (C=O) groups excluding carboxylic acids is 1. The SMILES string of the molecule is COc1cccc(-c2noc(COC(=O)c3ccc(Cl)c(S(=O)(=O)N4CCCCC4)c3)n2)c1. The number of halogens is 1. The molecule has 1 saturated heterocycles. The van der Waals surface area contributed by atoms with E-state index in [2.05, 4.69) is 10.1 Å². The third-order valence-corrected chi connectivity index (χ3v) is 7.60. The number of ether oxygens (including phenoxy) is 2. The summed E-state index contributed by atoms with van der Waals surface area (Å²) in [6.45, 7) is 0.590. The average molecular weight is 492 g/mol. The molecule has 1 aliphatic heterocycles. The first-order valence-electron chi connectivity index (χ1n) is 10.3. The summed E-state index contributed by atoms with van der Waals surface area (Å²) in [7, 11) is -2.25. The fourth-order valence-electron chi connectivity index (χ4n) is 3.48. The molecule has 0 radical (unpaired) electrons. The number of sulfonamides is 1. The first-order chi connectivity index (χ1) is 15.9. The van der Waals surface area contributed by atoms with Gasteiger partial charge in [0.25, 0.3) is 5.89 Å². The van der Waals surface area contributed by atoms with Crippen LogP contribution < -0.4 is 4.74 Å². The number of benzene rings is 2. The van der Waals surface area contributed by atoms with Gasteiger partial charge in [-0.3, -0.25) is 0 Å². The van der Waals surface area contributed by atoms with Gasteiger partial charge in [0, 0.05) is 18.7 Å². The molecule has 0 bridgehead atoms. The van der Waals surface area contributed by atoms with Crippen molar-refractivity contribution in [2.45, 2.75) is 30.8 Å². The van der Waals surface area contributed by atoms with Gasteiger partial charge < -0.3 is 14.0 Å². The molecule has 0 saturated carbocycles. The van der Waals surface area contributed by atoms with E-state index in [4.69, 9.17) is 25.6 Å². The van der Waals surface area contributed by atoms with Crippen molar-refractivity contribution in [1.29, 1.82) is 0 Å². The number of piperidine rings is 1. The molecule has 11 heteroatoms. The molecule has 9 nitrogen and oxygen atoms in total. The molecule has 0 atom stereocenters. The molecule has 33 heavy (non-hydrogen) atoms. The Morgan fingerprint density at radius 3 is 2.70 bits per heavy atom. The predicted molar refractivity (Wildman–Crippen MR) is 119 cm³/mol. The van der Waals surface area contributed by atoms with Crippen LogP contribution in [0.3, 0.4) is 0 Å². The van der Waals surface area contributed by atoms with Crippen molar-refractivity contribution >= 4 is 27.6 Å². The van der Waals surface area contributed by atoms with Gasteiger partial charge in [0.15, 0.2) is 6.61 Å². The van der Waals surface area contributed by atoms with Crippen molar-refractivity contribution in [2.24, 2.45) is 0 Å². The average Bonchev–Trinajstić information content (AvgIpc) is 3.32. The molecular weight excluding hydrogens is 470 g/mol. The molecule has 0 aliphatic carbocycles. The van der Waals surface area contributed by atoms with E-state index in [1.165, 1.54) is 22.5 Å². The van der Waals surface area contributed by atoms with E-state index in [1.807, 2.05) is 0 Å². The van der Waals surface area contributed by atoms with Crippen molar-refractivity contribution in [3.8, 4) is 17.1 Å². The minimum absolute atomic E-state index is 0.0527. The van der Waals surface area contributed by atoms with Gasteiger partial charge >= 0.3 is 5.97 Å². The van der Waals surface area contributed by atoms with Crippen molar-refractivity contribution in [2.75, 3.05) is 20.2 Å². The van der Waals surface area contributed by atoms with E-state index in [1.54, 1.807) is 31.4 Å². The van der Waals surface area contributed by atoms with Crippen LogP contribution in [0.1, 0.15) is 35.5 Å². The van der Waals surface area contributed by atoms with Gasteiger partial charge in [0.2, 0.25) is 15.8 Å². The Hall–Kier alpha value is -2.95. The summed E-state index contributed by atoms with van der Waals surface area (Å²) in [6, 6.07) is 11.2. The summed E-state index contributed by atoms with van der Waals surface area (Å²) < 4.78 is 43.0. The molecule has 0 N–H and O–H groups in total. The zero-order valence-corrected chi connectivity index (χ0v) is 19.4. The maximum atomic E-state index is 13.0. The number of rotatable bonds is 7. The Labute approximate surface area is 196 Å². The van der Waals surface area contributed by atoms with Crippen molar-refractivity contribution in [1.82, 2.24) is 14.4 Å². The van der Waals surface area contributed by atoms with Gasteiger partial charge in [-0.15, -0.1) is 0 Å². The van der Waals surface area contributed by atoms with Crippen molar-refractivity contribution < 1.29 is 27.2 Å². The maximum Gasteiger partial charge on any atom is 0.338 e. The second kappa shape index (κ2) is 9.90. The third kappa shape index (κ3) is 5.18. The van der Waals surface area contributed by atoms with Crippen molar-refractivity contribution in [3.05, 3.63) is 58.9 Å². The highest BCUT2D eigenvalue weighted by molar-refractivity contribution is 7.89. The number of hydrogen-bond donors (Lipinski definition) is 0. The second-order valence-corrected chi connectivity index (χ2v) is 9.74. The molecule has 0 spiro atoms. The van der Waals surface area contributed by atoms with Crippen LogP contribution >= 0.6 is 11.6 Å². The molecule has 1 aromatic heterocycles. The smallest absolute Gasteiger partial charge is 0.338 e. The third-order valence-electron chi connectivity index (χ3n) is 5.22. The number of nitrogens with zero attached hydrogens (tertiary/aromatic N) is 3. The van der Waals surface area contributed by atoms with Crippen LogP contribution in [0.4, 0.5) is 0 Å². The lowest BCUT2D eigenvalue weighted by Crippen LogP contribution is -2.35. The first-order valence-corrected chi connectivity index (χ1v) is 12.1. The topological polar surface area (TPSA) is 112 Å². The highest BCUT2D eigenvalue weighted by Crippen LogP contribution is 2.28. The van der Waals surface area contributed by atoms with Crippen LogP contribution in [0, 0.1) is 0 Å². The van der Waals surface area contributed by atoms with E-state index in [0.29, 0.717) is 30.2 Å². The summed E-state index contributed by atoms with van der Waals surface area (Å²) in [4.78, 5) is 16.7. The monoisotopic (exact) mass is 491 g/mol. The predicted octanol–water partition coefficient (Wildman–Crippen LogP) is 3.93. The standard InChI is InChI=1S/C22H22ClN3O6S/c1-30-17-7-5-6-15(12-17)21-24-20(32-25-21)14-31-22(27)16-8-9-18(23)19(13-16)33(28,29)26-10-3-2-4-11-26/h5-9,12-13H,2-4,10-11,14H2,1H3. The van der Waals surface area contributed by atoms with E-state index < -0.39 is 16.0 Å². The number of aromatic nitrogens is 2. The molecule has 2 heterocycles. The van der Waals surface area contributed by atoms with Crippen LogP contribution in [0.5, 0.6) is 5.75 Å². The minimum atomic E-state index is -3.81. The van der Waals surface area contributed by atoms with Gasteiger partial charge in [-0.25, -0.2) is 13.2 Å². The van der Waals surface area contributed by atoms with Crippen LogP contribution in [0.15, 0.2) is 51.9 Å². The molecule has 0 unspecified atom stereocenters. The Kier molecular flexibility index (Phi) is 6.96. The molecule has 4 rings (SSSR count). The summed E-state index contributed by atoms with van der Waals surface area (Å²) in [5, 5.41) is 3.94. The Bertz CT molecular complexity index is 1250. The highest BCUT2D eigenvalue weighted by Gasteiger charge is 2.29. The number of methoxy groups -OCH3 is 1. The largest absolute Gasteiger partial charge is 0.497 e. The number of esters is 1. The van der Waals surface area contributed by atoms with Gasteiger partial charge in [-0.2, -0.15) is 9.29 Å². The highest BCUT2D eigenvalue weighted by atomic mass is 35.5. The summed E-state index contributed by atoms with van der Waals surface area (Å²) in [6.07, 6.45) is 2.57. The fourth-order valence-corrected chi connectivity index (χ4v) is 5.49. The number of carbonyl (C=O) groups is 1. The van der Waals surface area contributed by atoms with Gasteiger partial charge in [-0.05, 0) is 43.2 Å². The molecule has 1 fully saturated rings. The zero-order chi connectivity index (χ0) is 23.4. The molecule has 2 aromatic carbocycles. The quantitative estimate of drug-likeness (QED) is 0.457. The van der Waals surface area contributed by atoms with Crippen LogP contribution in [0.25, 0.3) is 11.4 Å². The zero-order valence-electron chi connectivity index (χ0n) is 17.9. The van der Waals surface area contributed by atoms with E-state index in [0.717, 1.165) is 19.3 Å². The summed E-state index contributed by atoms with van der Waals surface area (Å²) in [5.41, 5.74) is 0.739. The fraction of sp³-hybridized carbons (Fsp3) is 0.318. The lowest BCUT2D eigenvalue weighted by molar-refractivity contribution is 0.0429. The summed E-state index contributed by atoms with van der Waals surface area (Å²) >= 11 is 6.16. The Morgan fingerprint density at radius 2 is 1.94 bits per heavy atom. The second-order valence-electron chi connectivity index (χ2n) is 7.43. The van der Waals surface area contributed by atoms with Crippen molar-refractivity contribution in [3.63, 3.8) is 0 Å². The number of hydrogen-bond acceptors (Lipinski definition) is 8. The van der Waals surface area contributed by atoms with Gasteiger partial charge in [-0.1, -0.05) is 35.3 Å². The van der Waals surface area contributed by atoms with Crippen LogP contribution in [-0.2, 0) is 21.4 Å². The maximum absolute atomic E-state index is 13.0. The first kappa shape index (κ1) is 23.2. The molecule has 174 valence electrons. The lowest BCUT2D eigenvalue weighted by atomic mass is 10.2. The van der Waals surface area contributed by atoms with E-state index >= 15 is 0 Å². The van der Waals surface area contributed by atoms with Gasteiger partial charge in [0.05, 0.1) is 17.7 Å². The van der Waals surface area contributed by atoms with E-state index in [9.17, 15) is 13.2 Å². The Morgan fingerprint density at radius 1 is 1.15 bits per heavy atom. The van der Waals surface area contributed by atoms with E-state index in [-0.39, 0.29) is 28.0 Å². The normalized spacial score (nSPS) is 14.7. The lowest BCUT2D eigenvalue weighted by Gasteiger charge is -2.26. The molecule has 1 aliphatic rings. The van der Waals surface area contributed by atoms with Crippen LogP contribution in [-0.4, -0.2) is 49.0 Å².